The number of thioether (sulfide) groups is 1. The SMILES string of the molecule is CSCC[C@H]1NC(=S)N(Cc2ccccc2CN2CCCC2)C1=O. The lowest BCUT2D eigenvalue weighted by molar-refractivity contribution is -0.127. The molecule has 2 aliphatic rings. The van der Waals surface area contributed by atoms with Crippen molar-refractivity contribution in [1.29, 1.82) is 0 Å². The second-order valence-corrected chi connectivity index (χ2v) is 7.83. The smallest absolute Gasteiger partial charge is 0.251 e. The fourth-order valence-electron chi connectivity index (χ4n) is 3.38. The highest BCUT2D eigenvalue weighted by atomic mass is 32.2. The molecule has 1 N–H and O–H groups in total. The Balaban J connectivity index is 1.69. The summed E-state index contributed by atoms with van der Waals surface area (Å²) in [6.07, 6.45) is 5.46. The van der Waals surface area contributed by atoms with Crippen molar-refractivity contribution >= 4 is 35.0 Å². The molecule has 0 aromatic heterocycles. The summed E-state index contributed by atoms with van der Waals surface area (Å²) in [5.74, 6) is 1.08. The van der Waals surface area contributed by atoms with Crippen LogP contribution in [0.3, 0.4) is 0 Å². The van der Waals surface area contributed by atoms with E-state index in [4.69, 9.17) is 12.2 Å². The first-order valence-corrected chi connectivity index (χ1v) is 10.4. The Morgan fingerprint density at radius 3 is 2.54 bits per heavy atom. The molecule has 0 saturated carbocycles. The van der Waals surface area contributed by atoms with E-state index in [0.717, 1.165) is 18.7 Å². The number of thiocarbonyl (C=S) groups is 1. The van der Waals surface area contributed by atoms with E-state index in [0.29, 0.717) is 11.7 Å². The summed E-state index contributed by atoms with van der Waals surface area (Å²) < 4.78 is 0. The summed E-state index contributed by atoms with van der Waals surface area (Å²) in [5.41, 5.74) is 2.51. The van der Waals surface area contributed by atoms with Gasteiger partial charge in [-0.25, -0.2) is 0 Å². The number of hydrogen-bond acceptors (Lipinski definition) is 4. The molecule has 2 saturated heterocycles. The van der Waals surface area contributed by atoms with Crippen molar-refractivity contribution in [3.63, 3.8) is 0 Å². The summed E-state index contributed by atoms with van der Waals surface area (Å²) in [7, 11) is 0. The van der Waals surface area contributed by atoms with Gasteiger partial charge in [-0.3, -0.25) is 14.6 Å². The molecule has 0 spiro atoms. The quantitative estimate of drug-likeness (QED) is 0.754. The monoisotopic (exact) mass is 363 g/mol. The Kier molecular flexibility index (Phi) is 6.14. The Morgan fingerprint density at radius 1 is 1.21 bits per heavy atom. The molecular formula is C18H25N3OS2. The van der Waals surface area contributed by atoms with Crippen LogP contribution in [0.5, 0.6) is 0 Å². The van der Waals surface area contributed by atoms with Crippen LogP contribution in [-0.2, 0) is 17.9 Å². The minimum Gasteiger partial charge on any atom is -0.350 e. The molecule has 130 valence electrons. The second-order valence-electron chi connectivity index (χ2n) is 6.46. The van der Waals surface area contributed by atoms with Crippen LogP contribution in [0.25, 0.3) is 0 Å². The third-order valence-corrected chi connectivity index (χ3v) is 5.74. The molecule has 0 bridgehead atoms. The van der Waals surface area contributed by atoms with E-state index in [1.165, 1.54) is 37.1 Å². The van der Waals surface area contributed by atoms with Crippen molar-refractivity contribution in [3.05, 3.63) is 35.4 Å². The molecule has 3 rings (SSSR count). The average Bonchev–Trinajstić information content (AvgIpc) is 3.18. The first-order valence-electron chi connectivity index (χ1n) is 8.59. The Labute approximate surface area is 154 Å². The normalized spacial score (nSPS) is 21.5. The van der Waals surface area contributed by atoms with Gasteiger partial charge in [0.2, 0.25) is 0 Å². The predicted octanol–water partition coefficient (Wildman–Crippen LogP) is 2.62. The van der Waals surface area contributed by atoms with Crippen molar-refractivity contribution in [2.75, 3.05) is 25.1 Å². The maximum Gasteiger partial charge on any atom is 0.251 e. The summed E-state index contributed by atoms with van der Waals surface area (Å²) in [6, 6.07) is 8.27. The first kappa shape index (κ1) is 17.7. The fourth-order valence-corrected chi connectivity index (χ4v) is 4.14. The Bertz CT molecular complexity index is 602. The molecule has 2 heterocycles. The standard InChI is InChI=1S/C18H25N3OS2/c1-24-11-8-16-17(22)21(18(23)19-16)13-15-7-3-2-6-14(15)12-20-9-4-5-10-20/h2-3,6-7,16H,4-5,8-13H2,1H3,(H,19,23)/t16-/m1/s1. The molecule has 2 fully saturated rings. The number of likely N-dealkylation sites (tertiary alicyclic amines) is 1. The van der Waals surface area contributed by atoms with E-state index in [-0.39, 0.29) is 11.9 Å². The van der Waals surface area contributed by atoms with E-state index in [9.17, 15) is 4.79 Å². The predicted molar refractivity (Wildman–Crippen MR) is 104 cm³/mol. The van der Waals surface area contributed by atoms with Gasteiger partial charge in [-0.2, -0.15) is 11.8 Å². The van der Waals surface area contributed by atoms with E-state index in [1.807, 2.05) is 6.07 Å². The number of carbonyl (C=O) groups is 1. The third kappa shape index (κ3) is 4.10. The number of amides is 1. The van der Waals surface area contributed by atoms with E-state index in [1.54, 1.807) is 16.7 Å². The maximum atomic E-state index is 12.6. The lowest BCUT2D eigenvalue weighted by atomic mass is 10.1. The van der Waals surface area contributed by atoms with Gasteiger partial charge >= 0.3 is 0 Å². The lowest BCUT2D eigenvalue weighted by Crippen LogP contribution is -2.31. The van der Waals surface area contributed by atoms with Crippen molar-refractivity contribution in [2.45, 2.75) is 38.4 Å². The van der Waals surface area contributed by atoms with Crippen LogP contribution in [0.4, 0.5) is 0 Å². The molecule has 4 nitrogen and oxygen atoms in total. The largest absolute Gasteiger partial charge is 0.350 e. The van der Waals surface area contributed by atoms with Gasteiger partial charge in [0.05, 0.1) is 6.54 Å². The number of rotatable bonds is 7. The second kappa shape index (κ2) is 8.32. The van der Waals surface area contributed by atoms with Crippen LogP contribution in [0.15, 0.2) is 24.3 Å². The summed E-state index contributed by atoms with van der Waals surface area (Å²) >= 11 is 7.17. The highest BCUT2D eigenvalue weighted by Crippen LogP contribution is 2.20. The molecule has 1 aromatic carbocycles. The number of nitrogens with one attached hydrogen (secondary N) is 1. The van der Waals surface area contributed by atoms with Crippen molar-refractivity contribution in [3.8, 4) is 0 Å². The van der Waals surface area contributed by atoms with Gasteiger partial charge in [0.1, 0.15) is 6.04 Å². The number of nitrogens with zero attached hydrogens (tertiary/aromatic N) is 2. The van der Waals surface area contributed by atoms with Crippen LogP contribution >= 0.6 is 24.0 Å². The maximum absolute atomic E-state index is 12.6. The highest BCUT2D eigenvalue weighted by Gasteiger charge is 2.35. The Hall–Kier alpha value is -1.11. The molecule has 0 unspecified atom stereocenters. The molecular weight excluding hydrogens is 338 g/mol. The van der Waals surface area contributed by atoms with Crippen LogP contribution in [0, 0.1) is 0 Å². The minimum atomic E-state index is -0.157. The summed E-state index contributed by atoms with van der Waals surface area (Å²) in [4.78, 5) is 16.9. The summed E-state index contributed by atoms with van der Waals surface area (Å²) in [5, 5.41) is 3.76. The van der Waals surface area contributed by atoms with Gasteiger partial charge in [-0.15, -0.1) is 0 Å². The third-order valence-electron chi connectivity index (χ3n) is 4.76. The summed E-state index contributed by atoms with van der Waals surface area (Å²) in [6.45, 7) is 3.89. The van der Waals surface area contributed by atoms with E-state index >= 15 is 0 Å². The fraction of sp³-hybridized carbons (Fsp3) is 0.556. The molecule has 24 heavy (non-hydrogen) atoms. The number of hydrogen-bond donors (Lipinski definition) is 1. The van der Waals surface area contributed by atoms with Crippen LogP contribution in [0.2, 0.25) is 0 Å². The highest BCUT2D eigenvalue weighted by molar-refractivity contribution is 7.98. The average molecular weight is 364 g/mol. The van der Waals surface area contributed by atoms with Crippen molar-refractivity contribution in [2.24, 2.45) is 0 Å². The lowest BCUT2D eigenvalue weighted by Gasteiger charge is -2.20. The van der Waals surface area contributed by atoms with Gasteiger partial charge in [-0.05, 0) is 67.7 Å². The zero-order chi connectivity index (χ0) is 16.9. The minimum absolute atomic E-state index is 0.116. The molecule has 2 aliphatic heterocycles. The first-order chi connectivity index (χ1) is 11.7. The molecule has 0 radical (unpaired) electrons. The van der Waals surface area contributed by atoms with E-state index in [2.05, 4.69) is 34.7 Å². The molecule has 1 atom stereocenters. The van der Waals surface area contributed by atoms with E-state index < -0.39 is 0 Å². The van der Waals surface area contributed by atoms with Crippen molar-refractivity contribution < 1.29 is 4.79 Å². The van der Waals surface area contributed by atoms with Crippen molar-refractivity contribution in [1.82, 2.24) is 15.1 Å². The van der Waals surface area contributed by atoms with Gasteiger partial charge in [0, 0.05) is 6.54 Å². The number of benzene rings is 1. The zero-order valence-electron chi connectivity index (χ0n) is 14.2. The van der Waals surface area contributed by atoms with Gasteiger partial charge in [0.25, 0.3) is 5.91 Å². The topological polar surface area (TPSA) is 35.6 Å². The molecule has 1 aromatic rings. The van der Waals surface area contributed by atoms with Gasteiger partial charge in [0.15, 0.2) is 5.11 Å². The van der Waals surface area contributed by atoms with Crippen LogP contribution in [0.1, 0.15) is 30.4 Å². The van der Waals surface area contributed by atoms with Crippen LogP contribution in [-0.4, -0.2) is 52.0 Å². The van der Waals surface area contributed by atoms with Gasteiger partial charge in [-0.1, -0.05) is 24.3 Å². The zero-order valence-corrected chi connectivity index (χ0v) is 15.8. The molecule has 0 aliphatic carbocycles. The number of carbonyl (C=O) groups excluding carboxylic acids is 1. The van der Waals surface area contributed by atoms with Gasteiger partial charge < -0.3 is 5.32 Å². The molecule has 1 amide bonds. The van der Waals surface area contributed by atoms with Crippen LogP contribution < -0.4 is 5.32 Å². The molecule has 6 heteroatoms. The Morgan fingerprint density at radius 2 is 1.88 bits per heavy atom.